The van der Waals surface area contributed by atoms with Crippen LogP contribution >= 0.6 is 0 Å². The van der Waals surface area contributed by atoms with Crippen molar-refractivity contribution in [3.8, 4) is 0 Å². The van der Waals surface area contributed by atoms with Gasteiger partial charge in [-0.1, -0.05) is 0 Å². The van der Waals surface area contributed by atoms with E-state index in [0.29, 0.717) is 31.9 Å². The highest BCUT2D eigenvalue weighted by Gasteiger charge is 2.29. The summed E-state index contributed by atoms with van der Waals surface area (Å²) >= 11 is 0. The van der Waals surface area contributed by atoms with Gasteiger partial charge in [0.1, 0.15) is 5.69 Å². The second-order valence-corrected chi connectivity index (χ2v) is 6.85. The fourth-order valence-corrected chi connectivity index (χ4v) is 3.60. The van der Waals surface area contributed by atoms with Crippen molar-refractivity contribution in [1.82, 2.24) is 14.7 Å². The molecule has 0 radical (unpaired) electrons. The zero-order valence-electron chi connectivity index (χ0n) is 15.5. The van der Waals surface area contributed by atoms with Crippen LogP contribution in [0.1, 0.15) is 29.6 Å². The Labute approximate surface area is 158 Å². The fraction of sp³-hybridized carbons (Fsp3) is 0.556. The Hall–Kier alpha value is -2.84. The highest BCUT2D eigenvalue weighted by molar-refractivity contribution is 5.96. The minimum atomic E-state index is -0.502. The lowest BCUT2D eigenvalue weighted by molar-refractivity contribution is -0.384. The van der Waals surface area contributed by atoms with E-state index in [1.54, 1.807) is 29.0 Å². The standard InChI is InChI=1S/C18H25N5O4/c1-19-15-6-5-14(13-16(15)23(26)27)17(24)20-9-11-22(12-10-20)18(25)21-7-3-2-4-8-21/h5-6,13,19H,2-4,7-12H2,1H3. The van der Waals surface area contributed by atoms with Crippen LogP contribution in [-0.4, -0.2) is 77.9 Å². The van der Waals surface area contributed by atoms with Crippen LogP contribution in [0, 0.1) is 10.1 Å². The summed E-state index contributed by atoms with van der Waals surface area (Å²) in [7, 11) is 1.60. The van der Waals surface area contributed by atoms with Gasteiger partial charge in [-0.2, -0.15) is 0 Å². The second kappa shape index (κ2) is 8.24. The van der Waals surface area contributed by atoms with Crippen LogP contribution in [0.4, 0.5) is 16.2 Å². The summed E-state index contributed by atoms with van der Waals surface area (Å²) < 4.78 is 0. The molecule has 2 fully saturated rings. The molecule has 2 aliphatic heterocycles. The van der Waals surface area contributed by atoms with Gasteiger partial charge in [0.05, 0.1) is 4.92 Å². The molecular weight excluding hydrogens is 350 g/mol. The van der Waals surface area contributed by atoms with E-state index in [1.165, 1.54) is 12.5 Å². The molecule has 1 N–H and O–H groups in total. The molecule has 27 heavy (non-hydrogen) atoms. The molecule has 0 aliphatic carbocycles. The molecule has 0 aromatic heterocycles. The average molecular weight is 375 g/mol. The Morgan fingerprint density at radius 1 is 0.963 bits per heavy atom. The molecule has 0 atom stereocenters. The Morgan fingerprint density at radius 3 is 2.15 bits per heavy atom. The molecule has 3 amide bonds. The predicted octanol–water partition coefficient (Wildman–Crippen LogP) is 2.00. The number of amides is 3. The number of nitrogens with one attached hydrogen (secondary N) is 1. The normalized spacial score (nSPS) is 17.6. The summed E-state index contributed by atoms with van der Waals surface area (Å²) in [6.45, 7) is 3.44. The third kappa shape index (κ3) is 4.12. The van der Waals surface area contributed by atoms with Crippen molar-refractivity contribution in [2.24, 2.45) is 0 Å². The van der Waals surface area contributed by atoms with Crippen molar-refractivity contribution in [3.05, 3.63) is 33.9 Å². The van der Waals surface area contributed by atoms with Crippen molar-refractivity contribution in [3.63, 3.8) is 0 Å². The first kappa shape index (κ1) is 18.9. The highest BCUT2D eigenvalue weighted by atomic mass is 16.6. The first-order valence-corrected chi connectivity index (χ1v) is 9.30. The zero-order valence-corrected chi connectivity index (χ0v) is 15.5. The van der Waals surface area contributed by atoms with Crippen LogP contribution in [0.25, 0.3) is 0 Å². The van der Waals surface area contributed by atoms with E-state index < -0.39 is 4.92 Å². The Bertz CT molecular complexity index is 724. The summed E-state index contributed by atoms with van der Waals surface area (Å²) in [6, 6.07) is 4.49. The van der Waals surface area contributed by atoms with E-state index in [9.17, 15) is 19.7 Å². The maximum atomic E-state index is 12.7. The number of rotatable bonds is 3. The molecule has 146 valence electrons. The molecule has 9 heteroatoms. The van der Waals surface area contributed by atoms with Gasteiger partial charge >= 0.3 is 6.03 Å². The summed E-state index contributed by atoms with van der Waals surface area (Å²) in [5.74, 6) is -0.245. The lowest BCUT2D eigenvalue weighted by Crippen LogP contribution is -2.54. The van der Waals surface area contributed by atoms with Crippen LogP contribution in [0.2, 0.25) is 0 Å². The third-order valence-corrected chi connectivity index (χ3v) is 5.17. The van der Waals surface area contributed by atoms with Crippen LogP contribution < -0.4 is 5.32 Å². The van der Waals surface area contributed by atoms with Crippen molar-refractivity contribution in [2.75, 3.05) is 51.6 Å². The number of nitrogens with zero attached hydrogens (tertiary/aromatic N) is 4. The van der Waals surface area contributed by atoms with Gasteiger partial charge < -0.3 is 20.0 Å². The first-order chi connectivity index (χ1) is 13.0. The average Bonchev–Trinajstić information content (AvgIpc) is 2.73. The summed E-state index contributed by atoms with van der Waals surface area (Å²) in [4.78, 5) is 41.3. The number of hydrogen-bond donors (Lipinski definition) is 1. The van der Waals surface area contributed by atoms with Crippen LogP contribution in [-0.2, 0) is 0 Å². The van der Waals surface area contributed by atoms with Gasteiger partial charge in [0, 0.05) is 57.9 Å². The molecule has 2 saturated heterocycles. The summed E-state index contributed by atoms with van der Waals surface area (Å²) in [5.41, 5.74) is 0.535. The number of hydrogen-bond acceptors (Lipinski definition) is 5. The predicted molar refractivity (Wildman–Crippen MR) is 101 cm³/mol. The van der Waals surface area contributed by atoms with Crippen LogP contribution in [0.5, 0.6) is 0 Å². The van der Waals surface area contributed by atoms with Gasteiger partial charge in [0.25, 0.3) is 11.6 Å². The maximum absolute atomic E-state index is 12.7. The molecular formula is C18H25N5O4. The molecule has 2 aliphatic rings. The zero-order chi connectivity index (χ0) is 19.4. The number of benzene rings is 1. The SMILES string of the molecule is CNc1ccc(C(=O)N2CCN(C(=O)N3CCCCC3)CC2)cc1[N+](=O)[O-]. The number of likely N-dealkylation sites (tertiary alicyclic amines) is 1. The smallest absolute Gasteiger partial charge is 0.320 e. The minimum absolute atomic E-state index is 0.0517. The van der Waals surface area contributed by atoms with Crippen molar-refractivity contribution >= 4 is 23.3 Å². The number of piperidine rings is 1. The Balaban J connectivity index is 1.62. The van der Waals surface area contributed by atoms with E-state index in [-0.39, 0.29) is 23.2 Å². The maximum Gasteiger partial charge on any atom is 0.320 e. The molecule has 9 nitrogen and oxygen atoms in total. The Kier molecular flexibility index (Phi) is 5.78. The quantitative estimate of drug-likeness (QED) is 0.643. The fourth-order valence-electron chi connectivity index (χ4n) is 3.60. The van der Waals surface area contributed by atoms with Gasteiger partial charge in [-0.25, -0.2) is 4.79 Å². The van der Waals surface area contributed by atoms with E-state index in [2.05, 4.69) is 5.32 Å². The first-order valence-electron chi connectivity index (χ1n) is 9.30. The van der Waals surface area contributed by atoms with E-state index >= 15 is 0 Å². The highest BCUT2D eigenvalue weighted by Crippen LogP contribution is 2.26. The molecule has 0 unspecified atom stereocenters. The van der Waals surface area contributed by atoms with Gasteiger partial charge in [0.2, 0.25) is 0 Å². The molecule has 3 rings (SSSR count). The summed E-state index contributed by atoms with van der Waals surface area (Å²) in [5, 5.41) is 13.9. The monoisotopic (exact) mass is 375 g/mol. The summed E-state index contributed by atoms with van der Waals surface area (Å²) in [6.07, 6.45) is 3.27. The largest absolute Gasteiger partial charge is 0.383 e. The van der Waals surface area contributed by atoms with E-state index in [1.807, 2.05) is 4.90 Å². The van der Waals surface area contributed by atoms with E-state index in [0.717, 1.165) is 25.9 Å². The minimum Gasteiger partial charge on any atom is -0.383 e. The number of urea groups is 1. The van der Waals surface area contributed by atoms with Gasteiger partial charge in [-0.15, -0.1) is 0 Å². The van der Waals surface area contributed by atoms with Crippen molar-refractivity contribution in [1.29, 1.82) is 0 Å². The number of carbonyl (C=O) groups excluding carboxylic acids is 2. The lowest BCUT2D eigenvalue weighted by Gasteiger charge is -2.38. The molecule has 0 saturated carbocycles. The lowest BCUT2D eigenvalue weighted by atomic mass is 10.1. The molecule has 1 aromatic carbocycles. The van der Waals surface area contributed by atoms with Crippen molar-refractivity contribution in [2.45, 2.75) is 19.3 Å². The molecule has 0 bridgehead atoms. The number of anilines is 1. The van der Waals surface area contributed by atoms with Gasteiger partial charge in [-0.05, 0) is 31.4 Å². The topological polar surface area (TPSA) is 99.0 Å². The Morgan fingerprint density at radius 2 is 1.56 bits per heavy atom. The second-order valence-electron chi connectivity index (χ2n) is 6.85. The van der Waals surface area contributed by atoms with Crippen LogP contribution in [0.3, 0.4) is 0 Å². The molecule has 0 spiro atoms. The third-order valence-electron chi connectivity index (χ3n) is 5.17. The van der Waals surface area contributed by atoms with Gasteiger partial charge in [-0.3, -0.25) is 14.9 Å². The number of piperazine rings is 1. The van der Waals surface area contributed by atoms with Gasteiger partial charge in [0.15, 0.2) is 0 Å². The number of nitro groups is 1. The molecule has 2 heterocycles. The van der Waals surface area contributed by atoms with E-state index in [4.69, 9.17) is 0 Å². The molecule has 1 aromatic rings. The van der Waals surface area contributed by atoms with Crippen molar-refractivity contribution < 1.29 is 14.5 Å². The van der Waals surface area contributed by atoms with Crippen LogP contribution in [0.15, 0.2) is 18.2 Å². The number of carbonyl (C=O) groups is 2. The number of nitro benzene ring substituents is 1.